The Kier molecular flexibility index (Phi) is 4.43. The molecule has 0 aromatic heterocycles. The number of amides is 2. The van der Waals surface area contributed by atoms with Crippen molar-refractivity contribution in [3.8, 4) is 0 Å². The van der Waals surface area contributed by atoms with Crippen LogP contribution >= 0.6 is 0 Å². The minimum Gasteiger partial charge on any atom is -0.481 e. The van der Waals surface area contributed by atoms with Crippen LogP contribution in [-0.2, 0) is 9.59 Å². The van der Waals surface area contributed by atoms with Gasteiger partial charge >= 0.3 is 18.0 Å². The van der Waals surface area contributed by atoms with Gasteiger partial charge in [0.2, 0.25) is 0 Å². The third kappa shape index (κ3) is 3.83. The van der Waals surface area contributed by atoms with Crippen LogP contribution < -0.4 is 5.32 Å². The third-order valence-corrected chi connectivity index (χ3v) is 3.64. The quantitative estimate of drug-likeness (QED) is 0.622. The Labute approximate surface area is 116 Å². The molecule has 3 N–H and O–H groups in total. The highest BCUT2D eigenvalue weighted by molar-refractivity contribution is 5.86. The molecule has 1 heterocycles. The second-order valence-corrected chi connectivity index (χ2v) is 5.19. The van der Waals surface area contributed by atoms with Gasteiger partial charge in [-0.1, -0.05) is 0 Å². The molecule has 8 heteroatoms. The second kappa shape index (κ2) is 6.08. The lowest BCUT2D eigenvalue weighted by Crippen LogP contribution is -2.55. The van der Waals surface area contributed by atoms with Crippen molar-refractivity contribution in [1.29, 1.82) is 0 Å². The standard InChI is InChI=1S/C12H19N3O5/c16-10(17)7-9(11(18)19)13-12(20)15-5-3-14(4-6-15)8-1-2-8/h8-9H,1-7H2,(H,13,20)(H,16,17)(H,18,19)/t9-/m1/s1. The number of hydrogen-bond acceptors (Lipinski definition) is 4. The van der Waals surface area contributed by atoms with Crippen LogP contribution in [0.4, 0.5) is 4.79 Å². The summed E-state index contributed by atoms with van der Waals surface area (Å²) in [5, 5.41) is 19.8. The highest BCUT2D eigenvalue weighted by Gasteiger charge is 2.33. The number of carboxylic acids is 2. The predicted octanol–water partition coefficient (Wildman–Crippen LogP) is -0.596. The molecule has 0 aromatic carbocycles. The molecule has 0 aromatic rings. The van der Waals surface area contributed by atoms with Crippen LogP contribution in [0.15, 0.2) is 0 Å². The molecule has 0 radical (unpaired) electrons. The number of carbonyl (C=O) groups excluding carboxylic acids is 1. The zero-order chi connectivity index (χ0) is 14.7. The van der Waals surface area contributed by atoms with Crippen LogP contribution in [0.25, 0.3) is 0 Å². The van der Waals surface area contributed by atoms with Crippen LogP contribution in [0.3, 0.4) is 0 Å². The van der Waals surface area contributed by atoms with Crippen LogP contribution in [0, 0.1) is 0 Å². The molecule has 0 bridgehead atoms. The molecule has 0 spiro atoms. The first-order chi connectivity index (χ1) is 9.47. The fourth-order valence-electron chi connectivity index (χ4n) is 2.34. The van der Waals surface area contributed by atoms with Gasteiger partial charge in [-0.05, 0) is 12.8 Å². The first-order valence-electron chi connectivity index (χ1n) is 6.71. The molecular weight excluding hydrogens is 266 g/mol. The maximum Gasteiger partial charge on any atom is 0.326 e. The third-order valence-electron chi connectivity index (χ3n) is 3.64. The summed E-state index contributed by atoms with van der Waals surface area (Å²) in [6.45, 7) is 2.66. The lowest BCUT2D eigenvalue weighted by molar-refractivity contribution is -0.145. The second-order valence-electron chi connectivity index (χ2n) is 5.19. The van der Waals surface area contributed by atoms with Gasteiger partial charge in [-0.15, -0.1) is 0 Å². The first kappa shape index (κ1) is 14.6. The van der Waals surface area contributed by atoms with E-state index < -0.39 is 30.4 Å². The average molecular weight is 285 g/mol. The van der Waals surface area contributed by atoms with Gasteiger partial charge in [0.15, 0.2) is 0 Å². The van der Waals surface area contributed by atoms with Crippen molar-refractivity contribution in [2.45, 2.75) is 31.3 Å². The van der Waals surface area contributed by atoms with E-state index in [1.807, 2.05) is 0 Å². The van der Waals surface area contributed by atoms with Gasteiger partial charge in [0.05, 0.1) is 6.42 Å². The van der Waals surface area contributed by atoms with Gasteiger partial charge in [0.25, 0.3) is 0 Å². The Hall–Kier alpha value is -1.83. The van der Waals surface area contributed by atoms with Crippen LogP contribution in [0.1, 0.15) is 19.3 Å². The Balaban J connectivity index is 1.81. The Bertz CT molecular complexity index is 402. The number of carbonyl (C=O) groups is 3. The van der Waals surface area contributed by atoms with E-state index in [9.17, 15) is 14.4 Å². The van der Waals surface area contributed by atoms with Crippen LogP contribution in [0.5, 0.6) is 0 Å². The number of aliphatic carboxylic acids is 2. The average Bonchev–Trinajstić information content (AvgIpc) is 3.21. The largest absolute Gasteiger partial charge is 0.481 e. The molecule has 2 rings (SSSR count). The van der Waals surface area contributed by atoms with Gasteiger partial charge < -0.3 is 20.4 Å². The molecule has 1 saturated heterocycles. The molecule has 1 aliphatic carbocycles. The van der Waals surface area contributed by atoms with E-state index >= 15 is 0 Å². The number of rotatable bonds is 5. The van der Waals surface area contributed by atoms with E-state index in [0.29, 0.717) is 19.1 Å². The van der Waals surface area contributed by atoms with Crippen molar-refractivity contribution in [3.63, 3.8) is 0 Å². The smallest absolute Gasteiger partial charge is 0.326 e. The Morgan fingerprint density at radius 1 is 1.10 bits per heavy atom. The van der Waals surface area contributed by atoms with E-state index in [-0.39, 0.29) is 0 Å². The zero-order valence-corrected chi connectivity index (χ0v) is 11.1. The summed E-state index contributed by atoms with van der Waals surface area (Å²) < 4.78 is 0. The molecule has 112 valence electrons. The van der Waals surface area contributed by atoms with Gasteiger partial charge in [-0.2, -0.15) is 0 Å². The molecule has 20 heavy (non-hydrogen) atoms. The van der Waals surface area contributed by atoms with Gasteiger partial charge in [0, 0.05) is 32.2 Å². The molecule has 1 aliphatic heterocycles. The summed E-state index contributed by atoms with van der Waals surface area (Å²) in [7, 11) is 0. The van der Waals surface area contributed by atoms with Crippen LogP contribution in [0.2, 0.25) is 0 Å². The summed E-state index contributed by atoms with van der Waals surface area (Å²) in [5.41, 5.74) is 0. The van der Waals surface area contributed by atoms with Gasteiger partial charge in [0.1, 0.15) is 6.04 Å². The molecule has 1 atom stereocenters. The van der Waals surface area contributed by atoms with Crippen molar-refractivity contribution in [3.05, 3.63) is 0 Å². The van der Waals surface area contributed by atoms with Crippen LogP contribution in [-0.4, -0.2) is 76.2 Å². The Morgan fingerprint density at radius 2 is 1.70 bits per heavy atom. The van der Waals surface area contributed by atoms with Crippen molar-refractivity contribution >= 4 is 18.0 Å². The van der Waals surface area contributed by atoms with E-state index in [1.54, 1.807) is 0 Å². The molecule has 2 fully saturated rings. The maximum atomic E-state index is 11.9. The van der Waals surface area contributed by atoms with Gasteiger partial charge in [-0.3, -0.25) is 9.69 Å². The molecule has 8 nitrogen and oxygen atoms in total. The minimum atomic E-state index is -1.39. The number of nitrogens with zero attached hydrogens (tertiary/aromatic N) is 2. The highest BCUT2D eigenvalue weighted by atomic mass is 16.4. The molecule has 0 unspecified atom stereocenters. The van der Waals surface area contributed by atoms with Gasteiger partial charge in [-0.25, -0.2) is 9.59 Å². The summed E-state index contributed by atoms with van der Waals surface area (Å²) in [6, 6.07) is -1.24. The molecule has 2 aliphatic rings. The first-order valence-corrected chi connectivity index (χ1v) is 6.71. The number of hydrogen-bond donors (Lipinski definition) is 3. The predicted molar refractivity (Wildman–Crippen MR) is 68.4 cm³/mol. The molecule has 1 saturated carbocycles. The number of nitrogens with one attached hydrogen (secondary N) is 1. The van der Waals surface area contributed by atoms with E-state index in [0.717, 1.165) is 13.1 Å². The minimum absolute atomic E-state index is 0.505. The van der Waals surface area contributed by atoms with Crippen molar-refractivity contribution in [1.82, 2.24) is 15.1 Å². The fraction of sp³-hybridized carbons (Fsp3) is 0.750. The van der Waals surface area contributed by atoms with E-state index in [4.69, 9.17) is 10.2 Å². The van der Waals surface area contributed by atoms with Crippen molar-refractivity contribution in [2.75, 3.05) is 26.2 Å². The normalized spacial score (nSPS) is 21.3. The molecular formula is C12H19N3O5. The lowest BCUT2D eigenvalue weighted by atomic mass is 10.2. The van der Waals surface area contributed by atoms with Crippen molar-refractivity contribution < 1.29 is 24.6 Å². The fourth-order valence-corrected chi connectivity index (χ4v) is 2.34. The summed E-state index contributed by atoms with van der Waals surface area (Å²) in [5.74, 6) is -2.59. The van der Waals surface area contributed by atoms with E-state index in [2.05, 4.69) is 10.2 Å². The SMILES string of the molecule is O=C(O)C[C@@H](NC(=O)N1CCN(C2CC2)CC1)C(=O)O. The zero-order valence-electron chi connectivity index (χ0n) is 11.1. The van der Waals surface area contributed by atoms with E-state index in [1.165, 1.54) is 17.7 Å². The summed E-state index contributed by atoms with van der Waals surface area (Å²) in [6.07, 6.45) is 1.81. The Morgan fingerprint density at radius 3 is 2.15 bits per heavy atom. The summed E-state index contributed by atoms with van der Waals surface area (Å²) in [4.78, 5) is 37.3. The number of urea groups is 1. The number of piperazine rings is 1. The monoisotopic (exact) mass is 285 g/mol. The summed E-state index contributed by atoms with van der Waals surface area (Å²) >= 11 is 0. The molecule has 2 amide bonds. The topological polar surface area (TPSA) is 110 Å². The highest BCUT2D eigenvalue weighted by Crippen LogP contribution is 2.27. The maximum absolute atomic E-state index is 11.9. The number of carboxylic acid groups (broad SMARTS) is 2. The van der Waals surface area contributed by atoms with Crippen molar-refractivity contribution in [2.24, 2.45) is 0 Å². The lowest BCUT2D eigenvalue weighted by Gasteiger charge is -2.35.